The number of ether oxygens (including phenoxy) is 2. The van der Waals surface area contributed by atoms with Crippen LogP contribution in [0.1, 0.15) is 75.9 Å². The number of carbonyl (C=O) groups is 2. The lowest BCUT2D eigenvalue weighted by molar-refractivity contribution is 0.0248. The van der Waals surface area contributed by atoms with E-state index in [1.165, 1.54) is 12.8 Å². The van der Waals surface area contributed by atoms with Crippen molar-refractivity contribution in [3.63, 3.8) is 0 Å². The highest BCUT2D eigenvalue weighted by Crippen LogP contribution is 2.38. The van der Waals surface area contributed by atoms with Gasteiger partial charge in [0.2, 0.25) is 0 Å². The lowest BCUT2D eigenvalue weighted by Crippen LogP contribution is -2.57. The van der Waals surface area contributed by atoms with Gasteiger partial charge in [0.1, 0.15) is 28.7 Å². The highest BCUT2D eigenvalue weighted by Gasteiger charge is 2.35. The number of methoxy groups -OCH3 is 1. The molecule has 0 spiro atoms. The number of piperidine rings is 1. The second kappa shape index (κ2) is 11.3. The molecule has 1 unspecified atom stereocenters. The van der Waals surface area contributed by atoms with Crippen LogP contribution in [0.15, 0.2) is 36.9 Å². The second-order valence-corrected chi connectivity index (χ2v) is 13.1. The molecule has 44 heavy (non-hydrogen) atoms. The van der Waals surface area contributed by atoms with Crippen LogP contribution in [0.3, 0.4) is 0 Å². The van der Waals surface area contributed by atoms with Gasteiger partial charge in [0.05, 0.1) is 24.0 Å². The van der Waals surface area contributed by atoms with Crippen molar-refractivity contribution in [3.8, 4) is 17.3 Å². The first kappa shape index (κ1) is 29.7. The highest BCUT2D eigenvalue weighted by atomic mass is 16.6. The third-order valence-electron chi connectivity index (χ3n) is 8.57. The van der Waals surface area contributed by atoms with Crippen LogP contribution < -0.4 is 10.1 Å². The minimum Gasteiger partial charge on any atom is -0.494 e. The Morgan fingerprint density at radius 3 is 2.57 bits per heavy atom. The molecule has 2 atom stereocenters. The summed E-state index contributed by atoms with van der Waals surface area (Å²) in [6.45, 7) is 12.3. The normalized spacial score (nSPS) is 18.9. The summed E-state index contributed by atoms with van der Waals surface area (Å²) in [7, 11) is 3.58. The molecular weight excluding hydrogens is 556 g/mol. The molecule has 4 aromatic rings. The number of imidazole rings is 1. The number of alkyl carbamates (subject to hydrolysis) is 1. The number of nitrogens with one attached hydrogen (secondary N) is 1. The maximum atomic E-state index is 14.1. The van der Waals surface area contributed by atoms with Crippen LogP contribution in [0.2, 0.25) is 0 Å². The monoisotopic (exact) mass is 598 g/mol. The zero-order valence-corrected chi connectivity index (χ0v) is 26.5. The first-order chi connectivity index (χ1) is 21.0. The summed E-state index contributed by atoms with van der Waals surface area (Å²) < 4.78 is 15.7. The number of hydrogen-bond donors (Lipinski definition) is 1. The average Bonchev–Trinajstić information content (AvgIpc) is 3.64. The SMILES string of the molecule is C=Cc1ccc2cc(-c3nc4cc(C(=O)N5C(NC(=O)OC(C)(C)C)CCC[C@@H]5C)cc(OC)c4n3C)n(CC3CC3)c2n1. The van der Waals surface area contributed by atoms with E-state index in [1.807, 2.05) is 51.4 Å². The molecule has 1 saturated heterocycles. The molecule has 4 heterocycles. The number of hydrogen-bond acceptors (Lipinski definition) is 6. The second-order valence-electron chi connectivity index (χ2n) is 13.1. The van der Waals surface area contributed by atoms with Gasteiger partial charge in [-0.3, -0.25) is 4.79 Å². The van der Waals surface area contributed by atoms with Crippen LogP contribution in [-0.4, -0.2) is 60.9 Å². The number of aromatic nitrogens is 4. The van der Waals surface area contributed by atoms with Crippen LogP contribution in [0, 0.1) is 5.92 Å². The molecule has 6 rings (SSSR count). The van der Waals surface area contributed by atoms with Gasteiger partial charge in [0, 0.05) is 30.6 Å². The molecule has 2 amide bonds. The molecule has 0 bridgehead atoms. The van der Waals surface area contributed by atoms with E-state index in [2.05, 4.69) is 28.6 Å². The number of pyridine rings is 1. The maximum Gasteiger partial charge on any atom is 0.409 e. The first-order valence-corrected chi connectivity index (χ1v) is 15.5. The molecule has 2 fully saturated rings. The van der Waals surface area contributed by atoms with Crippen LogP contribution in [0.4, 0.5) is 4.79 Å². The Labute approximate surface area is 258 Å². The number of aryl methyl sites for hydroxylation is 1. The zero-order chi connectivity index (χ0) is 31.3. The molecule has 1 aliphatic heterocycles. The molecule has 0 radical (unpaired) electrons. The largest absolute Gasteiger partial charge is 0.494 e. The molecule has 1 aliphatic carbocycles. The van der Waals surface area contributed by atoms with Gasteiger partial charge in [-0.25, -0.2) is 14.8 Å². The number of fused-ring (bicyclic) bond motifs is 2. The van der Waals surface area contributed by atoms with Gasteiger partial charge in [-0.2, -0.15) is 0 Å². The quantitative estimate of drug-likeness (QED) is 0.260. The third kappa shape index (κ3) is 5.65. The summed E-state index contributed by atoms with van der Waals surface area (Å²) in [5, 5.41) is 3.98. The Bertz CT molecular complexity index is 1760. The number of amides is 2. The summed E-state index contributed by atoms with van der Waals surface area (Å²) in [6, 6.07) is 9.73. The maximum absolute atomic E-state index is 14.1. The van der Waals surface area contributed by atoms with Crippen molar-refractivity contribution < 1.29 is 19.1 Å². The lowest BCUT2D eigenvalue weighted by Gasteiger charge is -2.41. The Hall–Kier alpha value is -4.34. The van der Waals surface area contributed by atoms with E-state index < -0.39 is 17.9 Å². The summed E-state index contributed by atoms with van der Waals surface area (Å²) in [4.78, 5) is 38.5. The van der Waals surface area contributed by atoms with E-state index in [1.54, 1.807) is 24.2 Å². The predicted molar refractivity (Wildman–Crippen MR) is 171 cm³/mol. The average molecular weight is 599 g/mol. The number of likely N-dealkylation sites (tertiary alicyclic amines) is 1. The molecule has 1 aromatic carbocycles. The number of rotatable bonds is 7. The summed E-state index contributed by atoms with van der Waals surface area (Å²) in [6.07, 6.45) is 5.56. The van der Waals surface area contributed by atoms with Crippen LogP contribution in [0.25, 0.3) is 39.7 Å². The number of nitrogens with zero attached hydrogens (tertiary/aromatic N) is 5. The van der Waals surface area contributed by atoms with Gasteiger partial charge in [-0.15, -0.1) is 0 Å². The van der Waals surface area contributed by atoms with Crippen molar-refractivity contribution in [1.82, 2.24) is 29.3 Å². The minimum atomic E-state index is -0.636. The zero-order valence-electron chi connectivity index (χ0n) is 26.5. The lowest BCUT2D eigenvalue weighted by atomic mass is 9.99. The van der Waals surface area contributed by atoms with Gasteiger partial charge in [-0.05, 0) is 102 Å². The van der Waals surface area contributed by atoms with Crippen molar-refractivity contribution >= 4 is 40.1 Å². The smallest absolute Gasteiger partial charge is 0.409 e. The Balaban J connectivity index is 1.40. The van der Waals surface area contributed by atoms with Gasteiger partial charge in [-0.1, -0.05) is 6.58 Å². The summed E-state index contributed by atoms with van der Waals surface area (Å²) >= 11 is 0. The Kier molecular flexibility index (Phi) is 7.63. The molecule has 10 heteroatoms. The van der Waals surface area contributed by atoms with Crippen molar-refractivity contribution in [1.29, 1.82) is 0 Å². The third-order valence-corrected chi connectivity index (χ3v) is 8.57. The Morgan fingerprint density at radius 2 is 1.89 bits per heavy atom. The molecule has 10 nitrogen and oxygen atoms in total. The number of carbonyl (C=O) groups excluding carboxylic acids is 2. The van der Waals surface area contributed by atoms with E-state index in [9.17, 15) is 9.59 Å². The minimum absolute atomic E-state index is 0.0664. The Morgan fingerprint density at radius 1 is 1.11 bits per heavy atom. The topological polar surface area (TPSA) is 104 Å². The summed E-state index contributed by atoms with van der Waals surface area (Å²) in [5.41, 5.74) is 4.01. The van der Waals surface area contributed by atoms with E-state index in [-0.39, 0.29) is 11.9 Å². The molecule has 1 N–H and O–H groups in total. The van der Waals surface area contributed by atoms with Crippen LogP contribution >= 0.6 is 0 Å². The van der Waals surface area contributed by atoms with Gasteiger partial charge < -0.3 is 28.8 Å². The fourth-order valence-corrected chi connectivity index (χ4v) is 6.27. The molecule has 3 aromatic heterocycles. The van der Waals surface area contributed by atoms with E-state index in [0.29, 0.717) is 29.2 Å². The van der Waals surface area contributed by atoms with Crippen LogP contribution in [-0.2, 0) is 18.3 Å². The molecule has 2 aliphatic rings. The van der Waals surface area contributed by atoms with Gasteiger partial charge >= 0.3 is 6.09 Å². The van der Waals surface area contributed by atoms with Gasteiger partial charge in [0.25, 0.3) is 5.91 Å². The van der Waals surface area contributed by atoms with E-state index in [4.69, 9.17) is 19.4 Å². The van der Waals surface area contributed by atoms with Crippen molar-refractivity contribution in [2.75, 3.05) is 7.11 Å². The molecule has 1 saturated carbocycles. The van der Waals surface area contributed by atoms with Crippen molar-refractivity contribution in [2.24, 2.45) is 13.0 Å². The van der Waals surface area contributed by atoms with E-state index >= 15 is 0 Å². The molecular formula is C34H42N6O4. The van der Waals surface area contributed by atoms with Crippen molar-refractivity contribution in [2.45, 2.75) is 84.2 Å². The number of benzene rings is 1. The summed E-state index contributed by atoms with van der Waals surface area (Å²) in [5.74, 6) is 1.78. The standard InChI is InChI=1S/C34H42N6O4/c1-8-24-15-14-22-17-26(39(30(22)35-24)19-21-12-13-21)31-36-25-16-23(18-27(43-7)29(25)38(31)6)32(41)40-20(2)10-9-11-28(40)37-33(42)44-34(3,4)5/h8,14-18,20-21,28H,1,9-13,19H2,2-7H3,(H,37,42)/t20-,28?/m0/s1. The fraction of sp³-hybridized carbons (Fsp3) is 0.471. The van der Waals surface area contributed by atoms with Crippen molar-refractivity contribution in [3.05, 3.63) is 48.2 Å². The molecule has 232 valence electrons. The van der Waals surface area contributed by atoms with E-state index in [0.717, 1.165) is 53.1 Å². The first-order valence-electron chi connectivity index (χ1n) is 15.5. The van der Waals surface area contributed by atoms with Gasteiger partial charge in [0.15, 0.2) is 5.82 Å². The fourth-order valence-electron chi connectivity index (χ4n) is 6.27. The predicted octanol–water partition coefficient (Wildman–Crippen LogP) is 6.52. The van der Waals surface area contributed by atoms with Crippen LogP contribution in [0.5, 0.6) is 5.75 Å². The highest BCUT2D eigenvalue weighted by molar-refractivity contribution is 6.00.